The van der Waals surface area contributed by atoms with Gasteiger partial charge in [-0.25, -0.2) is 4.79 Å². The van der Waals surface area contributed by atoms with Crippen LogP contribution in [-0.2, 0) is 9.53 Å². The zero-order valence-corrected chi connectivity index (χ0v) is 10.6. The van der Waals surface area contributed by atoms with Crippen molar-refractivity contribution in [3.63, 3.8) is 0 Å². The van der Waals surface area contributed by atoms with Crippen LogP contribution < -0.4 is 0 Å². The second kappa shape index (κ2) is 7.04. The molecule has 0 aliphatic rings. The van der Waals surface area contributed by atoms with Crippen LogP contribution in [0.25, 0.3) is 0 Å². The van der Waals surface area contributed by atoms with E-state index in [4.69, 9.17) is 4.74 Å². The van der Waals surface area contributed by atoms with Crippen LogP contribution in [0.3, 0.4) is 0 Å². The van der Waals surface area contributed by atoms with Crippen molar-refractivity contribution in [2.75, 3.05) is 11.9 Å². The maximum atomic E-state index is 10.8. The summed E-state index contributed by atoms with van der Waals surface area (Å²) in [6, 6.07) is 0. The van der Waals surface area contributed by atoms with Crippen molar-refractivity contribution < 1.29 is 9.53 Å². The van der Waals surface area contributed by atoms with Crippen LogP contribution in [0.15, 0.2) is 12.7 Å². The molecule has 0 bridgehead atoms. The van der Waals surface area contributed by atoms with Gasteiger partial charge in [0.25, 0.3) is 0 Å². The highest BCUT2D eigenvalue weighted by molar-refractivity contribution is 9.09. The monoisotopic (exact) mass is 262 g/mol. The minimum Gasteiger partial charge on any atom is -0.463 e. The van der Waals surface area contributed by atoms with Gasteiger partial charge in [-0.1, -0.05) is 36.4 Å². The third-order valence-corrected chi connectivity index (χ3v) is 2.74. The number of esters is 1. The van der Waals surface area contributed by atoms with Crippen molar-refractivity contribution in [3.8, 4) is 0 Å². The van der Waals surface area contributed by atoms with Gasteiger partial charge in [-0.2, -0.15) is 0 Å². The second-order valence-corrected chi connectivity index (χ2v) is 4.87. The van der Waals surface area contributed by atoms with Gasteiger partial charge in [0.1, 0.15) is 0 Å². The fraction of sp³-hybridized carbons (Fsp3) is 0.727. The van der Waals surface area contributed by atoms with Crippen LogP contribution >= 0.6 is 15.9 Å². The molecule has 0 saturated carbocycles. The van der Waals surface area contributed by atoms with E-state index < -0.39 is 0 Å². The Hall–Kier alpha value is -0.310. The molecule has 0 aromatic heterocycles. The maximum absolute atomic E-state index is 10.8. The van der Waals surface area contributed by atoms with E-state index in [9.17, 15) is 4.79 Å². The molecule has 0 N–H and O–H groups in total. The lowest BCUT2D eigenvalue weighted by Crippen LogP contribution is -2.16. The average Bonchev–Trinajstić information content (AvgIpc) is 2.14. The average molecular weight is 263 g/mol. The van der Waals surface area contributed by atoms with Crippen molar-refractivity contribution in [1.82, 2.24) is 0 Å². The second-order valence-electron chi connectivity index (χ2n) is 4.08. The highest BCUT2D eigenvalue weighted by Crippen LogP contribution is 2.26. The van der Waals surface area contributed by atoms with Gasteiger partial charge in [0, 0.05) is 11.4 Å². The lowest BCUT2D eigenvalue weighted by atomic mass is 9.85. The molecule has 14 heavy (non-hydrogen) atoms. The van der Waals surface area contributed by atoms with E-state index in [0.717, 1.165) is 24.6 Å². The highest BCUT2D eigenvalue weighted by Gasteiger charge is 2.17. The van der Waals surface area contributed by atoms with E-state index in [1.165, 1.54) is 6.08 Å². The predicted octanol–water partition coefficient (Wildman–Crippen LogP) is 3.31. The molecule has 0 atom stereocenters. The lowest BCUT2D eigenvalue weighted by Gasteiger charge is -2.23. The Labute approximate surface area is 94.8 Å². The quantitative estimate of drug-likeness (QED) is 0.400. The summed E-state index contributed by atoms with van der Waals surface area (Å²) in [6.07, 6.45) is 4.40. The zero-order valence-electron chi connectivity index (χ0n) is 9.01. The molecule has 3 heteroatoms. The van der Waals surface area contributed by atoms with Crippen LogP contribution in [0, 0.1) is 5.41 Å². The highest BCUT2D eigenvalue weighted by atomic mass is 79.9. The zero-order chi connectivity index (χ0) is 11.0. The number of rotatable bonds is 7. The van der Waals surface area contributed by atoms with Crippen LogP contribution in [-0.4, -0.2) is 17.9 Å². The number of ether oxygens (including phenoxy) is 1. The van der Waals surface area contributed by atoms with Gasteiger partial charge in [-0.3, -0.25) is 0 Å². The third kappa shape index (κ3) is 7.13. The van der Waals surface area contributed by atoms with Crippen molar-refractivity contribution in [1.29, 1.82) is 0 Å². The summed E-state index contributed by atoms with van der Waals surface area (Å²) in [6.45, 7) is 8.21. The molecule has 2 nitrogen and oxygen atoms in total. The number of alkyl halides is 1. The minimum atomic E-state index is -0.332. The summed E-state index contributed by atoms with van der Waals surface area (Å²) in [5.41, 5.74) is 0.245. The molecule has 0 aromatic carbocycles. The molecular weight excluding hydrogens is 244 g/mol. The van der Waals surface area contributed by atoms with E-state index in [2.05, 4.69) is 36.4 Å². The van der Waals surface area contributed by atoms with E-state index in [1.54, 1.807) is 0 Å². The van der Waals surface area contributed by atoms with E-state index >= 15 is 0 Å². The van der Waals surface area contributed by atoms with Gasteiger partial charge in [-0.05, 0) is 24.7 Å². The number of carbonyl (C=O) groups excluding carboxylic acids is 1. The van der Waals surface area contributed by atoms with Crippen LogP contribution in [0.1, 0.15) is 33.1 Å². The molecule has 0 aliphatic carbocycles. The number of hydrogen-bond acceptors (Lipinski definition) is 2. The van der Waals surface area contributed by atoms with Gasteiger partial charge >= 0.3 is 5.97 Å². The number of halogens is 1. The standard InChI is InChI=1S/C11H19BrO2/c1-4-10(13)14-9-7-11(2,3)6-5-8-12/h4H,1,5-9H2,2-3H3. The first-order chi connectivity index (χ1) is 6.52. The topological polar surface area (TPSA) is 26.3 Å². The molecule has 82 valence electrons. The summed E-state index contributed by atoms with van der Waals surface area (Å²) in [5.74, 6) is -0.332. The first-order valence-electron chi connectivity index (χ1n) is 4.87. The van der Waals surface area contributed by atoms with Crippen LogP contribution in [0.5, 0.6) is 0 Å². The van der Waals surface area contributed by atoms with Gasteiger partial charge in [0.05, 0.1) is 6.61 Å². The van der Waals surface area contributed by atoms with Crippen molar-refractivity contribution in [3.05, 3.63) is 12.7 Å². The third-order valence-electron chi connectivity index (χ3n) is 2.18. The Morgan fingerprint density at radius 2 is 2.14 bits per heavy atom. The summed E-state index contributed by atoms with van der Waals surface area (Å²) >= 11 is 3.41. The van der Waals surface area contributed by atoms with E-state index in [-0.39, 0.29) is 11.4 Å². The Bertz CT molecular complexity index is 188. The summed E-state index contributed by atoms with van der Waals surface area (Å²) in [7, 11) is 0. The first-order valence-corrected chi connectivity index (χ1v) is 5.99. The molecule has 0 radical (unpaired) electrons. The molecule has 0 amide bonds. The molecular formula is C11H19BrO2. The van der Waals surface area contributed by atoms with Crippen molar-refractivity contribution in [2.24, 2.45) is 5.41 Å². The molecule has 0 unspecified atom stereocenters. The van der Waals surface area contributed by atoms with Crippen molar-refractivity contribution in [2.45, 2.75) is 33.1 Å². The molecule has 0 heterocycles. The van der Waals surface area contributed by atoms with E-state index in [1.807, 2.05) is 0 Å². The Morgan fingerprint density at radius 1 is 1.50 bits per heavy atom. The Kier molecular flexibility index (Phi) is 6.89. The predicted molar refractivity (Wildman–Crippen MR) is 62.6 cm³/mol. The van der Waals surface area contributed by atoms with Gasteiger partial charge < -0.3 is 4.74 Å². The summed E-state index contributed by atoms with van der Waals surface area (Å²) in [5, 5.41) is 1.03. The number of carbonyl (C=O) groups is 1. The van der Waals surface area contributed by atoms with Gasteiger partial charge in [-0.15, -0.1) is 0 Å². The van der Waals surface area contributed by atoms with Gasteiger partial charge in [0.2, 0.25) is 0 Å². The first kappa shape index (κ1) is 13.7. The maximum Gasteiger partial charge on any atom is 0.330 e. The summed E-state index contributed by atoms with van der Waals surface area (Å²) in [4.78, 5) is 10.8. The van der Waals surface area contributed by atoms with Crippen LogP contribution in [0.4, 0.5) is 0 Å². The van der Waals surface area contributed by atoms with E-state index in [0.29, 0.717) is 6.61 Å². The molecule has 0 saturated heterocycles. The fourth-order valence-corrected chi connectivity index (χ4v) is 1.44. The Morgan fingerprint density at radius 3 is 2.64 bits per heavy atom. The molecule has 0 spiro atoms. The minimum absolute atomic E-state index is 0.245. The smallest absolute Gasteiger partial charge is 0.330 e. The molecule has 0 aromatic rings. The van der Waals surface area contributed by atoms with Gasteiger partial charge in [0.15, 0.2) is 0 Å². The van der Waals surface area contributed by atoms with Crippen LogP contribution in [0.2, 0.25) is 0 Å². The SMILES string of the molecule is C=CC(=O)OCCC(C)(C)CCCBr. The lowest BCUT2D eigenvalue weighted by molar-refractivity contribution is -0.138. The normalized spacial score (nSPS) is 11.1. The molecule has 0 rings (SSSR count). The number of hydrogen-bond donors (Lipinski definition) is 0. The summed E-state index contributed by atoms with van der Waals surface area (Å²) < 4.78 is 4.94. The molecule has 0 fully saturated rings. The molecule has 0 aliphatic heterocycles. The largest absolute Gasteiger partial charge is 0.463 e. The van der Waals surface area contributed by atoms with Crippen molar-refractivity contribution >= 4 is 21.9 Å². The Balaban J connectivity index is 3.64. The fourth-order valence-electron chi connectivity index (χ4n) is 1.16.